The van der Waals surface area contributed by atoms with Crippen molar-refractivity contribution in [3.05, 3.63) is 69.2 Å². The van der Waals surface area contributed by atoms with Crippen molar-refractivity contribution in [2.75, 3.05) is 0 Å². The maximum atomic E-state index is 14.6. The number of hydrogen-bond acceptors (Lipinski definition) is 4. The Bertz CT molecular complexity index is 1140. The Balaban J connectivity index is 1.49. The van der Waals surface area contributed by atoms with Gasteiger partial charge in [-0.1, -0.05) is 11.6 Å². The van der Waals surface area contributed by atoms with E-state index in [1.165, 1.54) is 23.1 Å². The average Bonchev–Trinajstić information content (AvgIpc) is 3.03. The minimum Gasteiger partial charge on any atom is -0.348 e. The number of nitrogens with zero attached hydrogens (tertiary/aromatic N) is 1. The fraction of sp³-hybridized carbons (Fsp3) is 0.238. The Kier molecular flexibility index (Phi) is 5.45. The average molecular weight is 448 g/mol. The van der Waals surface area contributed by atoms with E-state index < -0.39 is 41.3 Å². The van der Waals surface area contributed by atoms with Crippen LogP contribution in [0.5, 0.6) is 0 Å². The number of rotatable bonds is 4. The van der Waals surface area contributed by atoms with E-state index in [4.69, 9.17) is 11.6 Å². The summed E-state index contributed by atoms with van der Waals surface area (Å²) in [5.41, 5.74) is 0.817. The zero-order chi connectivity index (χ0) is 22.3. The molecule has 2 N–H and O–H groups in total. The Morgan fingerprint density at radius 1 is 1.16 bits per heavy atom. The number of halogens is 3. The van der Waals surface area contributed by atoms with Crippen LogP contribution in [0.3, 0.4) is 0 Å². The second-order valence-electron chi connectivity index (χ2n) is 7.31. The molecule has 1 fully saturated rings. The van der Waals surface area contributed by atoms with Crippen molar-refractivity contribution in [2.45, 2.75) is 32.0 Å². The second-order valence-corrected chi connectivity index (χ2v) is 7.72. The fourth-order valence-corrected chi connectivity index (χ4v) is 3.81. The predicted molar refractivity (Wildman–Crippen MR) is 105 cm³/mol. The van der Waals surface area contributed by atoms with Crippen LogP contribution in [0, 0.1) is 11.6 Å². The summed E-state index contributed by atoms with van der Waals surface area (Å²) < 4.78 is 28.1. The first kappa shape index (κ1) is 20.9. The van der Waals surface area contributed by atoms with Crippen LogP contribution in [-0.2, 0) is 22.7 Å². The number of amides is 4. The van der Waals surface area contributed by atoms with Crippen molar-refractivity contribution >= 4 is 35.2 Å². The maximum absolute atomic E-state index is 14.6. The third-order valence-electron chi connectivity index (χ3n) is 5.31. The molecule has 160 valence electrons. The first-order valence-corrected chi connectivity index (χ1v) is 9.81. The van der Waals surface area contributed by atoms with Crippen LogP contribution < -0.4 is 10.6 Å². The van der Waals surface area contributed by atoms with E-state index in [9.17, 15) is 28.0 Å². The van der Waals surface area contributed by atoms with E-state index >= 15 is 0 Å². The fourth-order valence-electron chi connectivity index (χ4n) is 3.69. The molecule has 1 saturated heterocycles. The molecule has 1 atom stereocenters. The lowest BCUT2D eigenvalue weighted by Gasteiger charge is -2.29. The van der Waals surface area contributed by atoms with Crippen molar-refractivity contribution in [1.29, 1.82) is 0 Å². The van der Waals surface area contributed by atoms with E-state index in [0.717, 1.165) is 12.1 Å². The molecule has 7 nitrogen and oxygen atoms in total. The van der Waals surface area contributed by atoms with Crippen LogP contribution in [-0.4, -0.2) is 34.6 Å². The van der Waals surface area contributed by atoms with E-state index in [-0.39, 0.29) is 47.6 Å². The number of fused-ring (bicyclic) bond motifs is 1. The van der Waals surface area contributed by atoms with Gasteiger partial charge in [-0.25, -0.2) is 8.78 Å². The molecule has 10 heteroatoms. The molecule has 2 aliphatic rings. The minimum absolute atomic E-state index is 0.0303. The highest BCUT2D eigenvalue weighted by Crippen LogP contribution is 2.29. The summed E-state index contributed by atoms with van der Waals surface area (Å²) in [6, 6.07) is 5.30. The molecule has 0 bridgehead atoms. The number of imide groups is 1. The van der Waals surface area contributed by atoms with E-state index in [0.29, 0.717) is 5.56 Å². The van der Waals surface area contributed by atoms with Gasteiger partial charge in [0.25, 0.3) is 11.8 Å². The van der Waals surface area contributed by atoms with Crippen LogP contribution in [0.1, 0.15) is 44.7 Å². The van der Waals surface area contributed by atoms with E-state index in [1.807, 2.05) is 0 Å². The highest BCUT2D eigenvalue weighted by atomic mass is 35.5. The monoisotopic (exact) mass is 447 g/mol. The van der Waals surface area contributed by atoms with Crippen molar-refractivity contribution < 1.29 is 28.0 Å². The molecule has 2 aromatic rings. The van der Waals surface area contributed by atoms with Crippen LogP contribution in [0.2, 0.25) is 5.02 Å². The smallest absolute Gasteiger partial charge is 0.255 e. The second kappa shape index (κ2) is 8.07. The summed E-state index contributed by atoms with van der Waals surface area (Å²) in [7, 11) is 0. The Morgan fingerprint density at radius 2 is 1.94 bits per heavy atom. The normalized spacial score (nSPS) is 18.1. The molecule has 31 heavy (non-hydrogen) atoms. The molecule has 2 aliphatic heterocycles. The third-order valence-corrected chi connectivity index (χ3v) is 5.62. The largest absolute Gasteiger partial charge is 0.348 e. The third kappa shape index (κ3) is 4.00. The topological polar surface area (TPSA) is 95.6 Å². The lowest BCUT2D eigenvalue weighted by atomic mass is 10.0. The van der Waals surface area contributed by atoms with Gasteiger partial charge in [0.2, 0.25) is 11.8 Å². The van der Waals surface area contributed by atoms with Crippen LogP contribution in [0.4, 0.5) is 8.78 Å². The molecule has 0 radical (unpaired) electrons. The SMILES string of the molecule is O=C1CCC(N2Cc3cc(CNC(=O)c4ccc(Cl)c(F)c4)c(F)cc3C2=O)C(=O)N1. The summed E-state index contributed by atoms with van der Waals surface area (Å²) in [4.78, 5) is 49.6. The number of nitrogens with one attached hydrogen (secondary N) is 2. The molecular weight excluding hydrogens is 432 g/mol. The minimum atomic E-state index is -0.802. The van der Waals surface area contributed by atoms with Gasteiger partial charge >= 0.3 is 0 Å². The first-order chi connectivity index (χ1) is 14.7. The van der Waals surface area contributed by atoms with Gasteiger partial charge in [0.05, 0.1) is 5.02 Å². The highest BCUT2D eigenvalue weighted by Gasteiger charge is 2.39. The van der Waals surface area contributed by atoms with Crippen molar-refractivity contribution in [3.8, 4) is 0 Å². The van der Waals surface area contributed by atoms with Gasteiger partial charge in [-0.3, -0.25) is 24.5 Å². The summed E-state index contributed by atoms with van der Waals surface area (Å²) >= 11 is 5.60. The molecule has 2 heterocycles. The quantitative estimate of drug-likeness (QED) is 0.703. The standard InChI is InChI=1S/C21H16ClF2N3O4/c22-14-2-1-10(6-16(14)24)19(29)25-8-11-5-12-9-27(21(31)13(12)7-15(11)23)17-3-4-18(28)26-20(17)30/h1-2,5-7,17H,3-4,8-9H2,(H,25,29)(H,26,28,30). The van der Waals surface area contributed by atoms with Gasteiger partial charge in [-0.2, -0.15) is 0 Å². The molecule has 1 unspecified atom stereocenters. The summed E-state index contributed by atoms with van der Waals surface area (Å²) in [6.45, 7) is -0.0983. The van der Waals surface area contributed by atoms with Gasteiger partial charge in [0.15, 0.2) is 0 Å². The zero-order valence-electron chi connectivity index (χ0n) is 16.0. The lowest BCUT2D eigenvalue weighted by Crippen LogP contribution is -2.52. The number of carbonyl (C=O) groups excluding carboxylic acids is 4. The van der Waals surface area contributed by atoms with Gasteiger partial charge in [0, 0.05) is 36.2 Å². The molecule has 2 aromatic carbocycles. The molecule has 0 aliphatic carbocycles. The lowest BCUT2D eigenvalue weighted by molar-refractivity contribution is -0.136. The molecule has 4 rings (SSSR count). The van der Waals surface area contributed by atoms with Gasteiger partial charge in [-0.05, 0) is 42.3 Å². The number of piperidine rings is 1. The maximum Gasteiger partial charge on any atom is 0.255 e. The summed E-state index contributed by atoms with van der Waals surface area (Å²) in [6.07, 6.45) is 0.320. The Hall–Kier alpha value is -3.33. The van der Waals surface area contributed by atoms with Crippen molar-refractivity contribution in [3.63, 3.8) is 0 Å². The van der Waals surface area contributed by atoms with Gasteiger partial charge in [-0.15, -0.1) is 0 Å². The number of hydrogen-bond donors (Lipinski definition) is 2. The Labute approximate surface area is 180 Å². The van der Waals surface area contributed by atoms with Gasteiger partial charge < -0.3 is 10.2 Å². The van der Waals surface area contributed by atoms with Crippen LogP contribution >= 0.6 is 11.6 Å². The summed E-state index contributed by atoms with van der Waals surface area (Å²) in [5.74, 6) is -3.49. The predicted octanol–water partition coefficient (Wildman–Crippen LogP) is 2.31. The van der Waals surface area contributed by atoms with Crippen LogP contribution in [0.15, 0.2) is 30.3 Å². The Morgan fingerprint density at radius 3 is 2.65 bits per heavy atom. The number of carbonyl (C=O) groups is 4. The van der Waals surface area contributed by atoms with E-state index in [2.05, 4.69) is 10.6 Å². The molecule has 0 saturated carbocycles. The zero-order valence-corrected chi connectivity index (χ0v) is 16.8. The first-order valence-electron chi connectivity index (χ1n) is 9.44. The molecule has 0 spiro atoms. The summed E-state index contributed by atoms with van der Waals surface area (Å²) in [5, 5.41) is 4.59. The highest BCUT2D eigenvalue weighted by molar-refractivity contribution is 6.30. The number of benzene rings is 2. The van der Waals surface area contributed by atoms with E-state index in [1.54, 1.807) is 0 Å². The molecule has 4 amide bonds. The van der Waals surface area contributed by atoms with Crippen molar-refractivity contribution in [1.82, 2.24) is 15.5 Å². The molecule has 0 aromatic heterocycles. The van der Waals surface area contributed by atoms with Gasteiger partial charge in [0.1, 0.15) is 17.7 Å². The van der Waals surface area contributed by atoms with Crippen LogP contribution in [0.25, 0.3) is 0 Å². The van der Waals surface area contributed by atoms with Crippen molar-refractivity contribution in [2.24, 2.45) is 0 Å². The molecular formula is C21H16ClF2N3O4.